The van der Waals surface area contributed by atoms with Crippen molar-refractivity contribution in [3.63, 3.8) is 0 Å². The second-order valence-corrected chi connectivity index (χ2v) is 6.53. The van der Waals surface area contributed by atoms with Gasteiger partial charge in [-0.15, -0.1) is 0 Å². The summed E-state index contributed by atoms with van der Waals surface area (Å²) in [6.45, 7) is 2.01. The van der Waals surface area contributed by atoms with Crippen molar-refractivity contribution in [1.82, 2.24) is 9.38 Å². The molecular formula is C22H19FN4O2. The van der Waals surface area contributed by atoms with Crippen LogP contribution in [0.25, 0.3) is 16.9 Å². The predicted molar refractivity (Wildman–Crippen MR) is 111 cm³/mol. The van der Waals surface area contributed by atoms with Crippen LogP contribution in [0.1, 0.15) is 5.56 Å². The van der Waals surface area contributed by atoms with Crippen LogP contribution < -0.4 is 15.4 Å². The predicted octanol–water partition coefficient (Wildman–Crippen LogP) is 5.10. The molecule has 4 aromatic rings. The number of benzene rings is 2. The topological polar surface area (TPSA) is 67.7 Å². The molecule has 0 aliphatic heterocycles. The van der Waals surface area contributed by atoms with Gasteiger partial charge in [0.05, 0.1) is 7.11 Å². The number of hydrogen-bond donors (Lipinski definition) is 2. The number of fused-ring (bicyclic) bond motifs is 1. The molecule has 2 aromatic carbocycles. The molecule has 2 heterocycles. The Balaban J connectivity index is 1.66. The normalized spacial score (nSPS) is 10.7. The number of ether oxygens (including phenoxy) is 1. The lowest BCUT2D eigenvalue weighted by Crippen LogP contribution is -2.21. The molecule has 0 fully saturated rings. The molecule has 146 valence electrons. The first kappa shape index (κ1) is 18.5. The largest absolute Gasteiger partial charge is 0.494 e. The van der Waals surface area contributed by atoms with Crippen molar-refractivity contribution in [3.05, 3.63) is 78.2 Å². The van der Waals surface area contributed by atoms with Crippen LogP contribution in [0.4, 0.5) is 20.7 Å². The fourth-order valence-corrected chi connectivity index (χ4v) is 3.04. The molecule has 2 aromatic heterocycles. The van der Waals surface area contributed by atoms with Gasteiger partial charge in [0, 0.05) is 23.5 Å². The molecule has 2 N–H and O–H groups in total. The Hall–Kier alpha value is -3.87. The zero-order valence-electron chi connectivity index (χ0n) is 15.9. The highest BCUT2D eigenvalue weighted by Gasteiger charge is 2.16. The first-order valence-electron chi connectivity index (χ1n) is 9.01. The van der Waals surface area contributed by atoms with Crippen molar-refractivity contribution in [2.45, 2.75) is 6.92 Å². The number of pyridine rings is 1. The van der Waals surface area contributed by atoms with Gasteiger partial charge in [-0.1, -0.05) is 35.9 Å². The van der Waals surface area contributed by atoms with E-state index in [-0.39, 0.29) is 5.75 Å². The molecule has 29 heavy (non-hydrogen) atoms. The molecule has 0 spiro atoms. The molecule has 6 nitrogen and oxygen atoms in total. The molecule has 0 aliphatic rings. The van der Waals surface area contributed by atoms with Crippen LogP contribution in [0.15, 0.2) is 66.9 Å². The molecule has 0 atom stereocenters. The number of anilines is 2. The number of nitrogens with one attached hydrogen (secondary N) is 2. The van der Waals surface area contributed by atoms with E-state index in [1.807, 2.05) is 55.6 Å². The third-order valence-corrected chi connectivity index (χ3v) is 4.50. The van der Waals surface area contributed by atoms with Gasteiger partial charge in [-0.2, -0.15) is 0 Å². The van der Waals surface area contributed by atoms with Crippen LogP contribution in [0, 0.1) is 12.7 Å². The summed E-state index contributed by atoms with van der Waals surface area (Å²) in [6, 6.07) is 17.2. The Morgan fingerprint density at radius 1 is 1.07 bits per heavy atom. The number of carbonyl (C=O) groups is 1. The first-order valence-corrected chi connectivity index (χ1v) is 9.01. The number of halogens is 1. The van der Waals surface area contributed by atoms with Crippen LogP contribution in [-0.2, 0) is 0 Å². The van der Waals surface area contributed by atoms with Gasteiger partial charge in [0.2, 0.25) is 0 Å². The number of amides is 2. The van der Waals surface area contributed by atoms with Gasteiger partial charge in [-0.05, 0) is 31.2 Å². The van der Waals surface area contributed by atoms with E-state index in [1.54, 1.807) is 10.5 Å². The Labute approximate surface area is 167 Å². The zero-order chi connectivity index (χ0) is 20.4. The van der Waals surface area contributed by atoms with E-state index in [9.17, 15) is 9.18 Å². The minimum atomic E-state index is -0.555. The summed E-state index contributed by atoms with van der Waals surface area (Å²) in [5.41, 5.74) is 3.67. The lowest BCUT2D eigenvalue weighted by molar-refractivity contribution is 0.262. The highest BCUT2D eigenvalue weighted by atomic mass is 19.1. The third kappa shape index (κ3) is 3.75. The highest BCUT2D eigenvalue weighted by molar-refractivity contribution is 6.01. The third-order valence-electron chi connectivity index (χ3n) is 4.50. The maximum Gasteiger partial charge on any atom is 0.324 e. The lowest BCUT2D eigenvalue weighted by Gasteiger charge is -2.10. The van der Waals surface area contributed by atoms with Crippen molar-refractivity contribution in [1.29, 1.82) is 0 Å². The number of hydrogen-bond acceptors (Lipinski definition) is 3. The average molecular weight is 390 g/mol. The summed E-state index contributed by atoms with van der Waals surface area (Å²) in [7, 11) is 1.38. The maximum atomic E-state index is 13.9. The van der Waals surface area contributed by atoms with Crippen molar-refractivity contribution < 1.29 is 13.9 Å². The summed E-state index contributed by atoms with van der Waals surface area (Å²) >= 11 is 0. The fraction of sp³-hybridized carbons (Fsp3) is 0.0909. The van der Waals surface area contributed by atoms with Crippen LogP contribution in [-0.4, -0.2) is 22.5 Å². The Bertz CT molecular complexity index is 1190. The van der Waals surface area contributed by atoms with Crippen molar-refractivity contribution in [3.8, 4) is 17.0 Å². The summed E-state index contributed by atoms with van der Waals surface area (Å²) in [5.74, 6) is 0.0794. The van der Waals surface area contributed by atoms with Gasteiger partial charge in [0.1, 0.15) is 17.2 Å². The Morgan fingerprint density at radius 2 is 1.86 bits per heavy atom. The molecule has 7 heteroatoms. The van der Waals surface area contributed by atoms with Gasteiger partial charge >= 0.3 is 6.03 Å². The monoisotopic (exact) mass is 390 g/mol. The fourth-order valence-electron chi connectivity index (χ4n) is 3.04. The SMILES string of the molecule is COc1ccc(NC(=O)Nc2c(-c3ccc(C)cc3)nc3ccccn23)cc1F. The molecular weight excluding hydrogens is 371 g/mol. The van der Waals surface area contributed by atoms with Gasteiger partial charge < -0.3 is 10.1 Å². The van der Waals surface area contributed by atoms with Crippen LogP contribution in [0.3, 0.4) is 0 Å². The Morgan fingerprint density at radius 3 is 2.59 bits per heavy atom. The van der Waals surface area contributed by atoms with Crippen molar-refractivity contribution in [2.75, 3.05) is 17.7 Å². The number of methoxy groups -OCH3 is 1. The van der Waals surface area contributed by atoms with E-state index >= 15 is 0 Å². The van der Waals surface area contributed by atoms with Crippen LogP contribution in [0.5, 0.6) is 5.75 Å². The number of carbonyl (C=O) groups excluding carboxylic acids is 1. The average Bonchev–Trinajstić information content (AvgIpc) is 3.07. The number of rotatable bonds is 4. The summed E-state index contributed by atoms with van der Waals surface area (Å²) in [4.78, 5) is 17.3. The molecule has 0 unspecified atom stereocenters. The van der Waals surface area contributed by atoms with Crippen molar-refractivity contribution >= 4 is 23.2 Å². The second-order valence-electron chi connectivity index (χ2n) is 6.53. The minimum absolute atomic E-state index is 0.111. The van der Waals surface area contributed by atoms with E-state index in [1.165, 1.54) is 19.2 Å². The standard InChI is InChI=1S/C22H19FN4O2/c1-14-6-8-15(9-7-14)20-21(27-12-4-3-5-19(27)25-20)26-22(28)24-16-10-11-18(29-2)17(23)13-16/h3-13H,1-2H3,(H2,24,26,28). The molecule has 0 saturated carbocycles. The minimum Gasteiger partial charge on any atom is -0.494 e. The number of nitrogens with zero attached hydrogens (tertiary/aromatic N) is 2. The lowest BCUT2D eigenvalue weighted by atomic mass is 10.1. The van der Waals surface area contributed by atoms with E-state index in [4.69, 9.17) is 4.74 Å². The summed E-state index contributed by atoms with van der Waals surface area (Å²) in [5, 5.41) is 5.48. The molecule has 0 aliphatic carbocycles. The Kier molecular flexibility index (Phi) is 4.87. The van der Waals surface area contributed by atoms with Crippen molar-refractivity contribution in [2.24, 2.45) is 0 Å². The number of imidazole rings is 1. The number of urea groups is 1. The highest BCUT2D eigenvalue weighted by Crippen LogP contribution is 2.29. The number of aryl methyl sites for hydroxylation is 1. The molecule has 0 radical (unpaired) electrons. The van der Waals surface area contributed by atoms with Gasteiger partial charge in [0.15, 0.2) is 11.6 Å². The molecule has 2 amide bonds. The maximum absolute atomic E-state index is 13.9. The number of aromatic nitrogens is 2. The molecule has 4 rings (SSSR count). The summed E-state index contributed by atoms with van der Waals surface area (Å²) < 4.78 is 20.6. The zero-order valence-corrected chi connectivity index (χ0v) is 15.9. The van der Waals surface area contributed by atoms with E-state index in [0.717, 1.165) is 11.1 Å². The quantitative estimate of drug-likeness (QED) is 0.509. The first-order chi connectivity index (χ1) is 14.0. The van der Waals surface area contributed by atoms with Gasteiger partial charge in [-0.3, -0.25) is 9.72 Å². The smallest absolute Gasteiger partial charge is 0.324 e. The summed E-state index contributed by atoms with van der Waals surface area (Å²) in [6.07, 6.45) is 1.82. The van der Waals surface area contributed by atoms with E-state index in [2.05, 4.69) is 15.6 Å². The van der Waals surface area contributed by atoms with Gasteiger partial charge in [-0.25, -0.2) is 14.2 Å². The molecule has 0 saturated heterocycles. The van der Waals surface area contributed by atoms with Gasteiger partial charge in [0.25, 0.3) is 0 Å². The van der Waals surface area contributed by atoms with E-state index < -0.39 is 11.8 Å². The van der Waals surface area contributed by atoms with Crippen LogP contribution in [0.2, 0.25) is 0 Å². The second kappa shape index (κ2) is 7.63. The van der Waals surface area contributed by atoms with Crippen LogP contribution >= 0.6 is 0 Å². The molecule has 0 bridgehead atoms. The van der Waals surface area contributed by atoms with E-state index in [0.29, 0.717) is 22.8 Å².